The van der Waals surface area contributed by atoms with Crippen LogP contribution in [0, 0.1) is 0 Å². The molecule has 0 aliphatic carbocycles. The Morgan fingerprint density at radius 2 is 1.93 bits per heavy atom. The lowest BCUT2D eigenvalue weighted by Gasteiger charge is -2.13. The predicted octanol–water partition coefficient (Wildman–Crippen LogP) is 3.44. The number of halogens is 1. The van der Waals surface area contributed by atoms with Crippen molar-refractivity contribution >= 4 is 35.0 Å². The number of amides is 1. The molecule has 7 nitrogen and oxygen atoms in total. The van der Waals surface area contributed by atoms with Crippen LogP contribution in [0.2, 0.25) is 5.02 Å². The van der Waals surface area contributed by atoms with Gasteiger partial charge in [-0.15, -0.1) is 10.2 Å². The largest absolute Gasteiger partial charge is 0.495 e. The maximum atomic E-state index is 12.5. The maximum absolute atomic E-state index is 12.5. The van der Waals surface area contributed by atoms with Gasteiger partial charge in [-0.2, -0.15) is 0 Å². The lowest BCUT2D eigenvalue weighted by molar-refractivity contribution is -0.115. The molecule has 3 aromatic rings. The molecule has 1 aromatic heterocycles. The average Bonchev–Trinajstić information content (AvgIpc) is 3.03. The van der Waals surface area contributed by atoms with Gasteiger partial charge in [-0.1, -0.05) is 35.5 Å². The molecule has 0 unspecified atom stereocenters. The fraction of sp³-hybridized carbons (Fsp3) is 0.167. The van der Waals surface area contributed by atoms with E-state index in [1.807, 2.05) is 24.3 Å². The number of carbonyl (C=O) groups is 1. The summed E-state index contributed by atoms with van der Waals surface area (Å²) in [5.41, 5.74) is 1.39. The van der Waals surface area contributed by atoms with Gasteiger partial charge >= 0.3 is 0 Å². The van der Waals surface area contributed by atoms with Crippen LogP contribution in [0.3, 0.4) is 0 Å². The van der Waals surface area contributed by atoms with Gasteiger partial charge in [0.15, 0.2) is 5.82 Å². The zero-order valence-electron chi connectivity index (χ0n) is 14.7. The van der Waals surface area contributed by atoms with Crippen molar-refractivity contribution in [2.24, 2.45) is 0 Å². The molecule has 1 amide bonds. The zero-order valence-corrected chi connectivity index (χ0v) is 16.3. The van der Waals surface area contributed by atoms with E-state index in [0.29, 0.717) is 27.4 Å². The second kappa shape index (κ2) is 8.32. The molecule has 140 valence electrons. The number of thioether (sulfide) groups is 1. The summed E-state index contributed by atoms with van der Waals surface area (Å²) < 4.78 is 6.61. The summed E-state index contributed by atoms with van der Waals surface area (Å²) in [5, 5.41) is 11.7. The van der Waals surface area contributed by atoms with E-state index in [9.17, 15) is 4.79 Å². The molecule has 0 bridgehead atoms. The molecule has 0 aliphatic heterocycles. The molecule has 1 heterocycles. The number of nitrogens with one attached hydrogen (secondary N) is 1. The quantitative estimate of drug-likeness (QED) is 0.483. The van der Waals surface area contributed by atoms with Crippen LogP contribution >= 0.6 is 23.4 Å². The Morgan fingerprint density at radius 3 is 2.63 bits per heavy atom. The molecule has 0 radical (unpaired) electrons. The van der Waals surface area contributed by atoms with Gasteiger partial charge in [-0.05, 0) is 43.3 Å². The first-order chi connectivity index (χ1) is 13.0. The number of anilines is 1. The van der Waals surface area contributed by atoms with Crippen molar-refractivity contribution in [3.63, 3.8) is 0 Å². The number of carbonyl (C=O) groups excluding carboxylic acids is 1. The summed E-state index contributed by atoms with van der Waals surface area (Å²) in [6, 6.07) is 14.3. The van der Waals surface area contributed by atoms with E-state index < -0.39 is 5.25 Å². The minimum absolute atomic E-state index is 0.194. The van der Waals surface area contributed by atoms with Crippen molar-refractivity contribution < 1.29 is 9.53 Å². The summed E-state index contributed by atoms with van der Waals surface area (Å²) in [6.45, 7) is 1.77. The van der Waals surface area contributed by atoms with E-state index in [1.54, 1.807) is 38.3 Å². The highest BCUT2D eigenvalue weighted by Crippen LogP contribution is 2.28. The van der Waals surface area contributed by atoms with Crippen LogP contribution in [0.1, 0.15) is 6.92 Å². The minimum Gasteiger partial charge on any atom is -0.495 e. The molecule has 1 atom stereocenters. The van der Waals surface area contributed by atoms with E-state index >= 15 is 0 Å². The van der Waals surface area contributed by atoms with Crippen molar-refractivity contribution in [2.75, 3.05) is 18.3 Å². The molecule has 0 saturated carbocycles. The van der Waals surface area contributed by atoms with Crippen LogP contribution < -0.4 is 15.9 Å². The highest BCUT2D eigenvalue weighted by Gasteiger charge is 2.20. The normalized spacial score (nSPS) is 11.8. The van der Waals surface area contributed by atoms with Crippen LogP contribution in [0.5, 0.6) is 5.75 Å². The number of nitrogen functional groups attached to an aromatic ring is 1. The average molecular weight is 404 g/mol. The van der Waals surface area contributed by atoms with Gasteiger partial charge in [0, 0.05) is 10.6 Å². The third-order valence-electron chi connectivity index (χ3n) is 3.78. The lowest BCUT2D eigenvalue weighted by atomic mass is 10.2. The number of ether oxygens (including phenoxy) is 1. The van der Waals surface area contributed by atoms with Gasteiger partial charge in [0.25, 0.3) is 0 Å². The summed E-state index contributed by atoms with van der Waals surface area (Å²) in [7, 11) is 1.55. The van der Waals surface area contributed by atoms with E-state index in [0.717, 1.165) is 5.56 Å². The van der Waals surface area contributed by atoms with Crippen molar-refractivity contribution in [3.8, 4) is 17.1 Å². The van der Waals surface area contributed by atoms with Crippen molar-refractivity contribution in [2.45, 2.75) is 17.3 Å². The molecule has 9 heteroatoms. The Kier molecular flexibility index (Phi) is 5.88. The second-order valence-corrected chi connectivity index (χ2v) is 7.38. The molecular weight excluding hydrogens is 386 g/mol. The molecule has 3 N–H and O–H groups in total. The number of para-hydroxylation sites is 2. The summed E-state index contributed by atoms with van der Waals surface area (Å²) >= 11 is 7.12. The van der Waals surface area contributed by atoms with Crippen LogP contribution in [-0.4, -0.2) is 33.1 Å². The summed E-state index contributed by atoms with van der Waals surface area (Å²) in [4.78, 5) is 12.5. The first kappa shape index (κ1) is 19.1. The second-order valence-electron chi connectivity index (χ2n) is 5.63. The van der Waals surface area contributed by atoms with Gasteiger partial charge in [0.05, 0.1) is 18.0 Å². The zero-order chi connectivity index (χ0) is 19.4. The number of benzene rings is 2. The molecular formula is C18H18ClN5O2S. The first-order valence-corrected chi connectivity index (χ1v) is 9.32. The Bertz CT molecular complexity index is 945. The van der Waals surface area contributed by atoms with Crippen LogP contribution in [0.25, 0.3) is 11.4 Å². The number of methoxy groups -OCH3 is 1. The highest BCUT2D eigenvalue weighted by atomic mass is 35.5. The predicted molar refractivity (Wildman–Crippen MR) is 108 cm³/mol. The number of hydrogen-bond acceptors (Lipinski definition) is 6. The molecule has 0 aliphatic rings. The third-order valence-corrected chi connectivity index (χ3v) is 5.09. The highest BCUT2D eigenvalue weighted by molar-refractivity contribution is 8.00. The molecule has 2 aromatic carbocycles. The monoisotopic (exact) mass is 403 g/mol. The van der Waals surface area contributed by atoms with Gasteiger partial charge in [-0.25, -0.2) is 4.68 Å². The topological polar surface area (TPSA) is 95.1 Å². The SMILES string of the molecule is COc1ccccc1NC(=O)[C@@H](C)Sc1nnc(-c2ccc(Cl)cc2)n1N. The fourth-order valence-electron chi connectivity index (χ4n) is 2.35. The van der Waals surface area contributed by atoms with Crippen LogP contribution in [0.15, 0.2) is 53.7 Å². The van der Waals surface area contributed by atoms with Crippen molar-refractivity contribution in [1.29, 1.82) is 0 Å². The molecule has 3 rings (SSSR count). The van der Waals surface area contributed by atoms with E-state index in [1.165, 1.54) is 16.4 Å². The standard InChI is InChI=1S/C18H18ClN5O2S/c1-11(17(25)21-14-5-3-4-6-15(14)26-2)27-18-23-22-16(24(18)20)12-7-9-13(19)10-8-12/h3-11H,20H2,1-2H3,(H,21,25)/t11-/m1/s1. The number of nitrogens with zero attached hydrogens (tertiary/aromatic N) is 3. The summed E-state index contributed by atoms with van der Waals surface area (Å²) in [5.74, 6) is 7.00. The Hall–Kier alpha value is -2.71. The molecule has 0 fully saturated rings. The van der Waals surface area contributed by atoms with Gasteiger partial charge in [0.1, 0.15) is 5.75 Å². The Morgan fingerprint density at radius 1 is 1.22 bits per heavy atom. The number of hydrogen-bond donors (Lipinski definition) is 2. The number of rotatable bonds is 6. The Balaban J connectivity index is 1.71. The first-order valence-electron chi connectivity index (χ1n) is 8.06. The van der Waals surface area contributed by atoms with Gasteiger partial charge in [-0.3, -0.25) is 4.79 Å². The van der Waals surface area contributed by atoms with Gasteiger partial charge in [0.2, 0.25) is 11.1 Å². The van der Waals surface area contributed by atoms with E-state index in [4.69, 9.17) is 22.2 Å². The minimum atomic E-state index is -0.445. The fourth-order valence-corrected chi connectivity index (χ4v) is 3.24. The van der Waals surface area contributed by atoms with Gasteiger partial charge < -0.3 is 15.9 Å². The summed E-state index contributed by atoms with van der Waals surface area (Å²) in [6.07, 6.45) is 0. The third kappa shape index (κ3) is 4.35. The number of aromatic nitrogens is 3. The lowest BCUT2D eigenvalue weighted by Crippen LogP contribution is -2.24. The molecule has 27 heavy (non-hydrogen) atoms. The van der Waals surface area contributed by atoms with Crippen LogP contribution in [0.4, 0.5) is 5.69 Å². The molecule has 0 spiro atoms. The van der Waals surface area contributed by atoms with E-state index in [2.05, 4.69) is 15.5 Å². The smallest absolute Gasteiger partial charge is 0.237 e. The number of nitrogens with two attached hydrogens (primary N) is 1. The van der Waals surface area contributed by atoms with Crippen molar-refractivity contribution in [3.05, 3.63) is 53.6 Å². The van der Waals surface area contributed by atoms with E-state index in [-0.39, 0.29) is 5.91 Å². The maximum Gasteiger partial charge on any atom is 0.237 e. The Labute approximate surface area is 165 Å². The molecule has 0 saturated heterocycles. The van der Waals surface area contributed by atoms with Crippen molar-refractivity contribution in [1.82, 2.24) is 14.9 Å². The van der Waals surface area contributed by atoms with Crippen LogP contribution in [-0.2, 0) is 4.79 Å².